The van der Waals surface area contributed by atoms with Crippen LogP contribution in [-0.2, 0) is 11.3 Å². The maximum atomic E-state index is 13.4. The number of benzene rings is 1. The summed E-state index contributed by atoms with van der Waals surface area (Å²) in [5.74, 6) is -1.52. The largest absolute Gasteiger partial charge is 0.455 e. The zero-order valence-electron chi connectivity index (χ0n) is 11.7. The molecule has 2 aromatic heterocycles. The Morgan fingerprint density at radius 3 is 2.78 bits per heavy atom. The number of pyridine rings is 1. The van der Waals surface area contributed by atoms with Gasteiger partial charge in [0.25, 0.3) is 0 Å². The van der Waals surface area contributed by atoms with E-state index in [2.05, 4.69) is 15.3 Å². The van der Waals surface area contributed by atoms with Crippen molar-refractivity contribution in [3.05, 3.63) is 71.0 Å². The van der Waals surface area contributed by atoms with E-state index in [0.717, 1.165) is 11.9 Å². The molecule has 8 heteroatoms. The van der Waals surface area contributed by atoms with E-state index in [1.807, 2.05) is 0 Å². The first kappa shape index (κ1) is 15.1. The van der Waals surface area contributed by atoms with Gasteiger partial charge in [0.2, 0.25) is 0 Å². The van der Waals surface area contributed by atoms with Crippen molar-refractivity contribution in [1.29, 1.82) is 0 Å². The Morgan fingerprint density at radius 1 is 1.26 bits per heavy atom. The molecule has 3 rings (SSSR count). The molecule has 23 heavy (non-hydrogen) atoms. The predicted molar refractivity (Wildman–Crippen MR) is 79.7 cm³/mol. The number of aromatic nitrogens is 4. The molecule has 0 radical (unpaired) electrons. The van der Waals surface area contributed by atoms with Crippen LogP contribution >= 0.6 is 11.6 Å². The lowest BCUT2D eigenvalue weighted by molar-refractivity contribution is 0.0462. The first-order valence-electron chi connectivity index (χ1n) is 6.57. The molecule has 0 unspecified atom stereocenters. The second-order valence-corrected chi connectivity index (χ2v) is 5.00. The Kier molecular flexibility index (Phi) is 4.29. The summed E-state index contributed by atoms with van der Waals surface area (Å²) in [6.45, 7) is -0.117. The van der Waals surface area contributed by atoms with Crippen molar-refractivity contribution in [2.24, 2.45) is 0 Å². The van der Waals surface area contributed by atoms with Crippen LogP contribution in [0, 0.1) is 5.82 Å². The number of carbonyl (C=O) groups is 1. The lowest BCUT2D eigenvalue weighted by Crippen LogP contribution is -2.08. The first-order chi connectivity index (χ1) is 11.1. The molecular formula is C15H10ClFN4O2. The van der Waals surface area contributed by atoms with E-state index in [1.165, 1.54) is 16.9 Å². The molecule has 0 bridgehead atoms. The normalized spacial score (nSPS) is 10.5. The van der Waals surface area contributed by atoms with E-state index in [9.17, 15) is 9.18 Å². The second-order valence-electron chi connectivity index (χ2n) is 4.56. The summed E-state index contributed by atoms with van der Waals surface area (Å²) >= 11 is 5.82. The van der Waals surface area contributed by atoms with Gasteiger partial charge in [-0.3, -0.25) is 4.98 Å². The van der Waals surface area contributed by atoms with E-state index in [0.29, 0.717) is 10.7 Å². The molecule has 0 aliphatic carbocycles. The van der Waals surface area contributed by atoms with Crippen LogP contribution in [0.15, 0.2) is 48.9 Å². The van der Waals surface area contributed by atoms with Crippen LogP contribution in [0.3, 0.4) is 0 Å². The number of hydrogen-bond donors (Lipinski definition) is 0. The number of halogens is 2. The zero-order chi connectivity index (χ0) is 16.2. The highest BCUT2D eigenvalue weighted by molar-refractivity contribution is 6.30. The molecule has 0 saturated heterocycles. The zero-order valence-corrected chi connectivity index (χ0v) is 12.4. The predicted octanol–water partition coefficient (Wildman–Crippen LogP) is 2.81. The van der Waals surface area contributed by atoms with Gasteiger partial charge < -0.3 is 4.74 Å². The van der Waals surface area contributed by atoms with Crippen molar-refractivity contribution in [3.63, 3.8) is 0 Å². The quantitative estimate of drug-likeness (QED) is 0.687. The molecule has 1 aromatic carbocycles. The number of rotatable bonds is 4. The van der Waals surface area contributed by atoms with Gasteiger partial charge in [0.1, 0.15) is 12.3 Å². The minimum atomic E-state index is -0.786. The van der Waals surface area contributed by atoms with E-state index >= 15 is 0 Å². The number of hydrogen-bond acceptors (Lipinski definition) is 5. The summed E-state index contributed by atoms with van der Waals surface area (Å²) in [7, 11) is 0. The van der Waals surface area contributed by atoms with Crippen LogP contribution in [-0.4, -0.2) is 25.9 Å². The molecule has 0 saturated carbocycles. The molecule has 0 N–H and O–H groups in total. The van der Waals surface area contributed by atoms with Crippen LogP contribution < -0.4 is 0 Å². The van der Waals surface area contributed by atoms with Gasteiger partial charge in [0.15, 0.2) is 5.82 Å². The summed E-state index contributed by atoms with van der Waals surface area (Å²) < 4.78 is 20.0. The standard InChI is InChI=1S/C15H10ClFN4O2/c16-10-1-3-12(4-2-10)21-8-11(19-20-21)9-23-15(22)13-5-6-18-7-14(13)17/h1-8H,9H2. The highest BCUT2D eigenvalue weighted by Gasteiger charge is 2.14. The summed E-state index contributed by atoms with van der Waals surface area (Å²) in [4.78, 5) is 15.4. The summed E-state index contributed by atoms with van der Waals surface area (Å²) in [6.07, 6.45) is 3.88. The molecule has 6 nitrogen and oxygen atoms in total. The molecule has 2 heterocycles. The molecule has 0 atom stereocenters. The molecule has 0 spiro atoms. The van der Waals surface area contributed by atoms with Gasteiger partial charge in [-0.25, -0.2) is 13.9 Å². The Balaban J connectivity index is 1.67. The number of ether oxygens (including phenoxy) is 1. The van der Waals surface area contributed by atoms with E-state index in [1.54, 1.807) is 30.5 Å². The van der Waals surface area contributed by atoms with Crippen LogP contribution in [0.4, 0.5) is 4.39 Å². The molecule has 0 amide bonds. The third kappa shape index (κ3) is 3.51. The molecule has 0 fully saturated rings. The van der Waals surface area contributed by atoms with Gasteiger partial charge in [0.05, 0.1) is 23.6 Å². The Morgan fingerprint density at radius 2 is 2.04 bits per heavy atom. The molecule has 116 valence electrons. The lowest BCUT2D eigenvalue weighted by atomic mass is 10.2. The van der Waals surface area contributed by atoms with Crippen molar-refractivity contribution in [1.82, 2.24) is 20.0 Å². The van der Waals surface area contributed by atoms with Gasteiger partial charge in [-0.1, -0.05) is 16.8 Å². The second kappa shape index (κ2) is 6.53. The average Bonchev–Trinajstić information content (AvgIpc) is 3.03. The maximum absolute atomic E-state index is 13.4. The van der Waals surface area contributed by atoms with Gasteiger partial charge in [-0.15, -0.1) is 5.10 Å². The number of carbonyl (C=O) groups excluding carboxylic acids is 1. The van der Waals surface area contributed by atoms with E-state index in [4.69, 9.17) is 16.3 Å². The number of nitrogens with zero attached hydrogens (tertiary/aromatic N) is 4. The van der Waals surface area contributed by atoms with Gasteiger partial charge in [-0.2, -0.15) is 0 Å². The Labute approximate surface area is 135 Å². The smallest absolute Gasteiger partial charge is 0.341 e. The van der Waals surface area contributed by atoms with E-state index < -0.39 is 11.8 Å². The van der Waals surface area contributed by atoms with Gasteiger partial charge >= 0.3 is 5.97 Å². The monoisotopic (exact) mass is 332 g/mol. The molecule has 0 aliphatic rings. The highest BCUT2D eigenvalue weighted by Crippen LogP contribution is 2.13. The Bertz CT molecular complexity index is 836. The van der Waals surface area contributed by atoms with Crippen LogP contribution in [0.1, 0.15) is 16.1 Å². The third-order valence-corrected chi connectivity index (χ3v) is 3.23. The molecular weight excluding hydrogens is 323 g/mol. The summed E-state index contributed by atoms with van der Waals surface area (Å²) in [6, 6.07) is 8.26. The molecule has 3 aromatic rings. The van der Waals surface area contributed by atoms with Crippen molar-refractivity contribution in [2.75, 3.05) is 0 Å². The fraction of sp³-hybridized carbons (Fsp3) is 0.0667. The van der Waals surface area contributed by atoms with Crippen LogP contribution in [0.2, 0.25) is 5.02 Å². The van der Waals surface area contributed by atoms with Crippen molar-refractivity contribution in [3.8, 4) is 5.69 Å². The minimum Gasteiger partial charge on any atom is -0.455 e. The lowest BCUT2D eigenvalue weighted by Gasteiger charge is -2.03. The van der Waals surface area contributed by atoms with Crippen molar-refractivity contribution >= 4 is 17.6 Å². The van der Waals surface area contributed by atoms with Crippen LogP contribution in [0.25, 0.3) is 5.69 Å². The summed E-state index contributed by atoms with van der Waals surface area (Å²) in [5.41, 5.74) is 1.02. The fourth-order valence-corrected chi connectivity index (χ4v) is 1.97. The summed E-state index contributed by atoms with van der Waals surface area (Å²) in [5, 5.41) is 8.45. The first-order valence-corrected chi connectivity index (χ1v) is 6.95. The average molecular weight is 333 g/mol. The van der Waals surface area contributed by atoms with E-state index in [-0.39, 0.29) is 12.2 Å². The maximum Gasteiger partial charge on any atom is 0.341 e. The van der Waals surface area contributed by atoms with Crippen molar-refractivity contribution in [2.45, 2.75) is 6.61 Å². The van der Waals surface area contributed by atoms with Crippen LogP contribution in [0.5, 0.6) is 0 Å². The third-order valence-electron chi connectivity index (χ3n) is 2.98. The SMILES string of the molecule is O=C(OCc1cn(-c2ccc(Cl)cc2)nn1)c1ccncc1F. The Hall–Kier alpha value is -2.80. The van der Waals surface area contributed by atoms with Gasteiger partial charge in [-0.05, 0) is 30.3 Å². The molecule has 0 aliphatic heterocycles. The van der Waals surface area contributed by atoms with Crippen molar-refractivity contribution < 1.29 is 13.9 Å². The highest BCUT2D eigenvalue weighted by atomic mass is 35.5. The minimum absolute atomic E-state index is 0.117. The topological polar surface area (TPSA) is 69.9 Å². The van der Waals surface area contributed by atoms with Gasteiger partial charge in [0, 0.05) is 11.2 Å². The number of esters is 1. The fourth-order valence-electron chi connectivity index (χ4n) is 1.84.